The molecule has 0 aliphatic heterocycles. The van der Waals surface area contributed by atoms with E-state index in [1.165, 1.54) is 28.0 Å². The molecule has 0 saturated carbocycles. The first-order chi connectivity index (χ1) is 22.3. The first-order valence-electron chi connectivity index (χ1n) is 14.3. The Balaban J connectivity index is 0.00000400. The van der Waals surface area contributed by atoms with E-state index in [1.54, 1.807) is 26.1 Å². The zero-order chi connectivity index (χ0) is 32.8. The van der Waals surface area contributed by atoms with Gasteiger partial charge in [-0.25, -0.2) is 0 Å². The van der Waals surface area contributed by atoms with Crippen molar-refractivity contribution in [1.29, 1.82) is 0 Å². The largest absolute Gasteiger partial charge is 2.00 e. The van der Waals surface area contributed by atoms with Gasteiger partial charge in [-0.3, -0.25) is 10.1 Å². The van der Waals surface area contributed by atoms with Gasteiger partial charge in [0.2, 0.25) is 0 Å². The second kappa shape index (κ2) is 20.7. The number of hydrogen-bond acceptors (Lipinski definition) is 9. The van der Waals surface area contributed by atoms with Crippen molar-refractivity contribution in [3.05, 3.63) is 131 Å². The van der Waals surface area contributed by atoms with Crippen LogP contribution in [0.2, 0.25) is 0 Å². The third kappa shape index (κ3) is 11.0. The summed E-state index contributed by atoms with van der Waals surface area (Å²) in [4.78, 5) is 10.6. The predicted octanol–water partition coefficient (Wildman–Crippen LogP) is 1.26. The fraction of sp³-hybridized carbons (Fsp3) is 0.152. The average Bonchev–Trinajstić information content (AvgIpc) is 3.10. The molecule has 0 amide bonds. The average molecular weight is 814 g/mol. The number of amidine groups is 2. The molecule has 0 fully saturated rings. The van der Waals surface area contributed by atoms with Crippen LogP contribution in [0.1, 0.15) is 12.5 Å². The fourth-order valence-corrected chi connectivity index (χ4v) is 8.55. The van der Waals surface area contributed by atoms with Crippen LogP contribution in [-0.4, -0.2) is 53.2 Å². The van der Waals surface area contributed by atoms with Gasteiger partial charge in [0, 0.05) is 31.3 Å². The predicted molar refractivity (Wildman–Crippen MR) is 195 cm³/mol. The van der Waals surface area contributed by atoms with Crippen molar-refractivity contribution < 1.29 is 43.7 Å². The minimum Gasteiger partial charge on any atom is -1.00 e. The van der Waals surface area contributed by atoms with Crippen molar-refractivity contribution in [3.8, 4) is 0 Å². The molecule has 0 aromatic heterocycles. The number of non-ortho nitro benzene ring substituents is 1. The van der Waals surface area contributed by atoms with E-state index >= 15 is 0 Å². The van der Waals surface area contributed by atoms with Gasteiger partial charge < -0.3 is 57.6 Å². The summed E-state index contributed by atoms with van der Waals surface area (Å²) >= 11 is 10.5. The van der Waals surface area contributed by atoms with Crippen molar-refractivity contribution >= 4 is 75.9 Å². The normalized spacial score (nSPS) is 12.4. The zero-order valence-corrected chi connectivity index (χ0v) is 31.1. The van der Waals surface area contributed by atoms with E-state index in [9.17, 15) is 10.1 Å². The van der Waals surface area contributed by atoms with Crippen LogP contribution >= 0.6 is 7.26 Å². The van der Waals surface area contributed by atoms with Crippen LogP contribution in [0.4, 0.5) is 5.69 Å². The van der Waals surface area contributed by atoms with E-state index in [-0.39, 0.29) is 50.1 Å². The number of hydrogen-bond donors (Lipinski definition) is 2. The smallest absolute Gasteiger partial charge is 1.00 e. The molecular weight excluding hydrogens is 781 g/mol. The van der Waals surface area contributed by atoms with Gasteiger partial charge in [0.05, 0.1) is 17.2 Å². The molecule has 48 heavy (non-hydrogen) atoms. The maximum atomic E-state index is 11.1. The molecule has 0 saturated heterocycles. The van der Waals surface area contributed by atoms with E-state index in [0.29, 0.717) is 36.5 Å². The van der Waals surface area contributed by atoms with Crippen LogP contribution in [0, 0.1) is 10.1 Å². The van der Waals surface area contributed by atoms with Crippen LogP contribution in [0.15, 0.2) is 136 Å². The summed E-state index contributed by atoms with van der Waals surface area (Å²) in [6.45, 7) is 2.50. The molecule has 0 spiro atoms. The molecule has 0 bridgehead atoms. The van der Waals surface area contributed by atoms with Gasteiger partial charge in [0.25, 0.3) is 5.69 Å². The third-order valence-corrected chi connectivity index (χ3v) is 11.5. The fourth-order valence-electron chi connectivity index (χ4n) is 4.58. The Morgan fingerprint density at radius 1 is 0.771 bits per heavy atom. The Kier molecular flexibility index (Phi) is 17.5. The van der Waals surface area contributed by atoms with E-state index in [1.807, 2.05) is 18.2 Å². The summed E-state index contributed by atoms with van der Waals surface area (Å²) in [5, 5.41) is 37.5. The molecule has 4 aromatic rings. The Morgan fingerprint density at radius 3 is 1.71 bits per heavy atom. The molecule has 10 nitrogen and oxygen atoms in total. The molecule has 0 aliphatic rings. The second-order valence-electron chi connectivity index (χ2n) is 9.78. The minimum absolute atomic E-state index is 0. The van der Waals surface area contributed by atoms with Gasteiger partial charge in [0.1, 0.15) is 28.9 Å². The molecule has 0 aliphatic carbocycles. The molecule has 0 atom stereocenters. The Morgan fingerprint density at radius 2 is 1.25 bits per heavy atom. The van der Waals surface area contributed by atoms with Crippen molar-refractivity contribution in [2.75, 3.05) is 26.5 Å². The number of nitro groups is 1. The summed E-state index contributed by atoms with van der Waals surface area (Å²) in [6, 6.07) is 37.4. The van der Waals surface area contributed by atoms with E-state index in [0.717, 1.165) is 0 Å². The molecule has 2 N–H and O–H groups in total. The van der Waals surface area contributed by atoms with E-state index in [4.69, 9.17) is 30.0 Å². The number of nitrogens with zero attached hydrogens (tertiary/aromatic N) is 5. The summed E-state index contributed by atoms with van der Waals surface area (Å²) in [5.74, 6) is 0. The Hall–Kier alpha value is -3.61. The monoisotopic (exact) mass is 812 g/mol. The van der Waals surface area contributed by atoms with Crippen LogP contribution in [-0.2, 0) is 47.1 Å². The number of nitro benzene ring substituents is 1. The first-order valence-corrected chi connectivity index (χ1v) is 17.1. The van der Waals surface area contributed by atoms with Crippen LogP contribution in [0.5, 0.6) is 0 Å². The number of halogens is 1. The van der Waals surface area contributed by atoms with Gasteiger partial charge in [-0.2, -0.15) is 15.3 Å². The van der Waals surface area contributed by atoms with Crippen LogP contribution in [0.25, 0.3) is 0 Å². The van der Waals surface area contributed by atoms with Crippen LogP contribution in [0.3, 0.4) is 0 Å². The maximum Gasteiger partial charge on any atom is 2.00 e. The van der Waals surface area contributed by atoms with Crippen molar-refractivity contribution in [2.24, 2.45) is 20.4 Å². The Labute approximate surface area is 313 Å². The second-order valence-corrected chi connectivity index (χ2v) is 14.0. The molecule has 4 aromatic carbocycles. The molecule has 15 heteroatoms. The zero-order valence-electron chi connectivity index (χ0n) is 26.0. The van der Waals surface area contributed by atoms with Gasteiger partial charge in [0.15, 0.2) is 6.35 Å². The van der Waals surface area contributed by atoms with E-state index < -0.39 is 12.2 Å². The summed E-state index contributed by atoms with van der Waals surface area (Å²) in [5.41, 5.74) is 1.23. The quantitative estimate of drug-likeness (QED) is 0.0305. The molecule has 253 valence electrons. The van der Waals surface area contributed by atoms with Gasteiger partial charge in [-0.15, -0.1) is 5.10 Å². The summed E-state index contributed by atoms with van der Waals surface area (Å²) < 4.78 is 6.38. The number of benzene rings is 4. The topological polar surface area (TPSA) is 126 Å². The summed E-state index contributed by atoms with van der Waals surface area (Å²) in [7, 11) is -0.481. The first kappa shape index (κ1) is 40.6. The van der Waals surface area contributed by atoms with Crippen molar-refractivity contribution in [2.45, 2.75) is 6.92 Å². The number of rotatable bonds is 13. The maximum absolute atomic E-state index is 11.1. The minimum atomic E-state index is -2.11. The van der Waals surface area contributed by atoms with Crippen molar-refractivity contribution in [1.82, 2.24) is 10.6 Å². The number of ether oxygens (including phenoxy) is 1. The third-order valence-electron chi connectivity index (χ3n) is 6.84. The van der Waals surface area contributed by atoms with Gasteiger partial charge >= 0.3 is 17.1 Å². The number of nitrogens with one attached hydrogen (secondary N) is 2. The van der Waals surface area contributed by atoms with Crippen LogP contribution < -0.4 is 43.5 Å². The molecule has 1 radical (unpaired) electrons. The summed E-state index contributed by atoms with van der Waals surface area (Å²) in [6.07, 6.45) is 0.515. The van der Waals surface area contributed by atoms with Gasteiger partial charge in [-0.05, 0) is 65.8 Å². The van der Waals surface area contributed by atoms with Crippen molar-refractivity contribution in [3.63, 3.8) is 0 Å². The Bertz CT molecular complexity index is 1620. The standard InChI is InChI=1S/C33H34N7O3PS2.BrH.Cu/c1-25(31(37-38-32(45)34-2)26-18-20-27(21-19-26)40(41)42)36-39-33(46)35-22-23-43-24-44(28-12-6-3-7-13-28,29-14-8-4-9-15-29)30-16-10-5-11-17-30;;/h3-21H,22-24H2,1-2H3,(H3-,34,35,36,37,38,39,45,46);1H;/q;;+2/p-2. The van der Waals surface area contributed by atoms with Gasteiger partial charge in [-0.1, -0.05) is 54.6 Å². The molecule has 0 unspecified atom stereocenters. The molecule has 4 rings (SSSR count). The SMILES string of the molecule is CNC([S-])=NN=C(C(C)=NN=C([S-])NCCOC[P+](c1ccccc1)(c1ccccc1)c1ccccc1)c1ccc([N+](=O)[O-])cc1.[Br-].[Cu+2]. The molecular formula is C33H33BrCuN7O3PS2. The molecule has 0 heterocycles. The van der Waals surface area contributed by atoms with E-state index in [2.05, 4.69) is 104 Å².